The Morgan fingerprint density at radius 3 is 2.56 bits per heavy atom. The lowest BCUT2D eigenvalue weighted by Crippen LogP contribution is -2.58. The minimum Gasteiger partial charge on any atom is -0.393 e. The van der Waals surface area contributed by atoms with Crippen LogP contribution in [-0.4, -0.2) is 34.0 Å². The number of aliphatic hydroxyl groups excluding tert-OH is 2. The van der Waals surface area contributed by atoms with Gasteiger partial charge in [0, 0.05) is 12.3 Å². The molecule has 0 heterocycles. The molecule has 8 unspecified atom stereocenters. The molecule has 0 aromatic heterocycles. The second-order valence-corrected chi connectivity index (χ2v) is 9.55. The minimum absolute atomic E-state index is 0.0748. The van der Waals surface area contributed by atoms with Crippen LogP contribution in [0.2, 0.25) is 0 Å². The molecule has 0 aromatic rings. The number of hydrogen-bond acceptors (Lipinski definition) is 4. The van der Waals surface area contributed by atoms with Crippen LogP contribution >= 0.6 is 0 Å². The quantitative estimate of drug-likeness (QED) is 0.765. The van der Waals surface area contributed by atoms with Gasteiger partial charge in [-0.15, -0.1) is 0 Å². The van der Waals surface area contributed by atoms with Crippen LogP contribution in [0.15, 0.2) is 11.6 Å². The van der Waals surface area contributed by atoms with E-state index in [1.807, 2.05) is 6.08 Å². The summed E-state index contributed by atoms with van der Waals surface area (Å²) in [7, 11) is 0. The lowest BCUT2D eigenvalue weighted by Gasteiger charge is -2.60. The van der Waals surface area contributed by atoms with Crippen LogP contribution in [0.25, 0.3) is 0 Å². The Kier molecular flexibility index (Phi) is 3.83. The third kappa shape index (κ3) is 2.26. The van der Waals surface area contributed by atoms with Crippen molar-refractivity contribution in [3.63, 3.8) is 0 Å². The smallest absolute Gasteiger partial charge is 0.155 e. The molecule has 138 valence electrons. The number of rotatable bonds is 1. The molecule has 0 bridgehead atoms. The molecular weight excluding hydrogens is 316 g/mol. The highest BCUT2D eigenvalue weighted by Gasteiger charge is 2.65. The fourth-order valence-electron chi connectivity index (χ4n) is 7.39. The Morgan fingerprint density at radius 1 is 1.16 bits per heavy atom. The van der Waals surface area contributed by atoms with Gasteiger partial charge in [0.15, 0.2) is 5.78 Å². The summed E-state index contributed by atoms with van der Waals surface area (Å²) >= 11 is 0. The first-order chi connectivity index (χ1) is 11.7. The predicted molar refractivity (Wildman–Crippen MR) is 93.7 cm³/mol. The van der Waals surface area contributed by atoms with Gasteiger partial charge >= 0.3 is 0 Å². The molecule has 0 saturated heterocycles. The van der Waals surface area contributed by atoms with E-state index in [-0.39, 0.29) is 46.1 Å². The minimum atomic E-state index is -0.472. The van der Waals surface area contributed by atoms with Crippen molar-refractivity contribution in [1.29, 1.82) is 0 Å². The number of hydrogen-bond donors (Lipinski definition) is 2. The Morgan fingerprint density at radius 2 is 1.88 bits per heavy atom. The van der Waals surface area contributed by atoms with Gasteiger partial charge in [0.25, 0.3) is 0 Å². The standard InChI is InChI=1S/C21H30O4/c1-11(22)15-9-16(24)18-14-5-4-12-8-13(23)6-7-20(12,2)19(14)17(25)10-21(15,18)3/h8,14-19,24-25H,4-7,9-10H2,1-3H3. The third-order valence-electron chi connectivity index (χ3n) is 8.37. The summed E-state index contributed by atoms with van der Waals surface area (Å²) in [6.45, 7) is 5.94. The summed E-state index contributed by atoms with van der Waals surface area (Å²) in [4.78, 5) is 24.1. The van der Waals surface area contributed by atoms with Crippen LogP contribution in [0.4, 0.5) is 0 Å². The summed E-state index contributed by atoms with van der Waals surface area (Å²) in [5.74, 6) is 0.577. The third-order valence-corrected chi connectivity index (χ3v) is 8.37. The Bertz CT molecular complexity index is 652. The van der Waals surface area contributed by atoms with Crippen molar-refractivity contribution in [3.05, 3.63) is 11.6 Å². The first kappa shape index (κ1) is 17.4. The molecule has 3 fully saturated rings. The molecule has 3 saturated carbocycles. The average Bonchev–Trinajstić information content (AvgIpc) is 2.78. The number of ketones is 2. The van der Waals surface area contributed by atoms with E-state index < -0.39 is 12.2 Å². The van der Waals surface area contributed by atoms with Crippen LogP contribution in [0.5, 0.6) is 0 Å². The fraction of sp³-hybridized carbons (Fsp3) is 0.810. The Hall–Kier alpha value is -1.00. The van der Waals surface area contributed by atoms with Gasteiger partial charge in [-0.05, 0) is 73.7 Å². The van der Waals surface area contributed by atoms with E-state index in [0.717, 1.165) is 19.3 Å². The van der Waals surface area contributed by atoms with Gasteiger partial charge in [-0.25, -0.2) is 0 Å². The number of carbonyl (C=O) groups is 2. The average molecular weight is 346 g/mol. The highest BCUT2D eigenvalue weighted by Crippen LogP contribution is 2.66. The molecule has 4 aliphatic rings. The van der Waals surface area contributed by atoms with Crippen LogP contribution < -0.4 is 0 Å². The molecule has 0 spiro atoms. The van der Waals surface area contributed by atoms with Crippen molar-refractivity contribution >= 4 is 11.6 Å². The largest absolute Gasteiger partial charge is 0.393 e. The zero-order chi connectivity index (χ0) is 18.1. The second-order valence-electron chi connectivity index (χ2n) is 9.55. The van der Waals surface area contributed by atoms with Crippen molar-refractivity contribution < 1.29 is 19.8 Å². The van der Waals surface area contributed by atoms with Crippen molar-refractivity contribution in [2.24, 2.45) is 34.5 Å². The second kappa shape index (κ2) is 5.50. The predicted octanol–water partition coefficient (Wildman–Crippen LogP) is 2.67. The van der Waals surface area contributed by atoms with Gasteiger partial charge in [-0.2, -0.15) is 0 Å². The Balaban J connectivity index is 1.76. The molecule has 0 amide bonds. The monoisotopic (exact) mass is 346 g/mol. The maximum Gasteiger partial charge on any atom is 0.155 e. The van der Waals surface area contributed by atoms with E-state index in [2.05, 4.69) is 13.8 Å². The van der Waals surface area contributed by atoms with Crippen LogP contribution in [0.3, 0.4) is 0 Å². The van der Waals surface area contributed by atoms with Gasteiger partial charge in [0.2, 0.25) is 0 Å². The van der Waals surface area contributed by atoms with E-state index in [9.17, 15) is 19.8 Å². The molecule has 4 aliphatic carbocycles. The summed E-state index contributed by atoms with van der Waals surface area (Å²) in [5, 5.41) is 22.0. The van der Waals surface area contributed by atoms with Crippen LogP contribution in [-0.2, 0) is 9.59 Å². The van der Waals surface area contributed by atoms with Gasteiger partial charge in [0.05, 0.1) is 12.2 Å². The van der Waals surface area contributed by atoms with Gasteiger partial charge in [0.1, 0.15) is 5.78 Å². The summed E-state index contributed by atoms with van der Waals surface area (Å²) in [6, 6.07) is 0. The summed E-state index contributed by atoms with van der Waals surface area (Å²) < 4.78 is 0. The number of carbonyl (C=O) groups excluding carboxylic acids is 2. The molecule has 2 N–H and O–H groups in total. The molecule has 4 rings (SSSR count). The number of aliphatic hydroxyl groups is 2. The molecule has 0 aliphatic heterocycles. The Labute approximate surface area is 149 Å². The number of Topliss-reactive ketones (excluding diaryl/α,β-unsaturated/α-hetero) is 1. The molecule has 4 nitrogen and oxygen atoms in total. The zero-order valence-electron chi connectivity index (χ0n) is 15.5. The van der Waals surface area contributed by atoms with Gasteiger partial charge in [-0.3, -0.25) is 9.59 Å². The molecule has 4 heteroatoms. The highest BCUT2D eigenvalue weighted by atomic mass is 16.3. The van der Waals surface area contributed by atoms with Crippen molar-refractivity contribution in [1.82, 2.24) is 0 Å². The summed E-state index contributed by atoms with van der Waals surface area (Å²) in [5.41, 5.74) is 0.739. The normalized spacial score (nSPS) is 52.0. The first-order valence-electron chi connectivity index (χ1n) is 9.79. The molecule has 25 heavy (non-hydrogen) atoms. The summed E-state index contributed by atoms with van der Waals surface area (Å²) in [6.07, 6.45) is 5.13. The van der Waals surface area contributed by atoms with E-state index >= 15 is 0 Å². The first-order valence-corrected chi connectivity index (χ1v) is 9.79. The molecule has 8 atom stereocenters. The molecular formula is C21H30O4. The van der Waals surface area contributed by atoms with Crippen molar-refractivity contribution in [2.45, 2.75) is 71.5 Å². The van der Waals surface area contributed by atoms with E-state index in [1.54, 1.807) is 6.92 Å². The van der Waals surface area contributed by atoms with Crippen LogP contribution in [0.1, 0.15) is 59.3 Å². The number of allylic oxidation sites excluding steroid dienone is 1. The maximum absolute atomic E-state index is 12.2. The van der Waals surface area contributed by atoms with E-state index in [0.29, 0.717) is 19.3 Å². The highest BCUT2D eigenvalue weighted by molar-refractivity contribution is 5.91. The topological polar surface area (TPSA) is 74.6 Å². The van der Waals surface area contributed by atoms with Crippen LogP contribution in [0, 0.1) is 34.5 Å². The van der Waals surface area contributed by atoms with Gasteiger partial charge in [-0.1, -0.05) is 19.4 Å². The fourth-order valence-corrected chi connectivity index (χ4v) is 7.39. The molecule has 0 aromatic carbocycles. The lowest BCUT2D eigenvalue weighted by molar-refractivity contribution is -0.151. The molecule has 0 radical (unpaired) electrons. The maximum atomic E-state index is 12.2. The van der Waals surface area contributed by atoms with Crippen molar-refractivity contribution in [3.8, 4) is 0 Å². The number of fused-ring (bicyclic) bond motifs is 5. The van der Waals surface area contributed by atoms with E-state index in [1.165, 1.54) is 5.57 Å². The van der Waals surface area contributed by atoms with Crippen molar-refractivity contribution in [2.75, 3.05) is 0 Å². The lowest BCUT2D eigenvalue weighted by atomic mass is 9.45. The van der Waals surface area contributed by atoms with E-state index in [4.69, 9.17) is 0 Å². The van der Waals surface area contributed by atoms with Gasteiger partial charge < -0.3 is 10.2 Å². The SMILES string of the molecule is CC(=O)C1CC(O)C2C3CCC4=CC(=O)CCC4(C)C3C(O)CC12C. The zero-order valence-corrected chi connectivity index (χ0v) is 15.5.